The van der Waals surface area contributed by atoms with Crippen LogP contribution in [0.1, 0.15) is 121 Å². The van der Waals surface area contributed by atoms with Crippen LogP contribution >= 0.6 is 12.6 Å². The molecule has 23 nitrogen and oxygen atoms in total. The quantitative estimate of drug-likeness (QED) is 0.0117. The first-order valence-corrected chi connectivity index (χ1v) is 26.0. The Hall–Kier alpha value is -8.02. The molecule has 4 heterocycles. The molecule has 24 heteroatoms. The predicted octanol–water partition coefficient (Wildman–Crippen LogP) is 6.75. The Morgan fingerprint density at radius 3 is 1.97 bits per heavy atom. The number of aliphatic imine (C=N–C) groups is 1. The summed E-state index contributed by atoms with van der Waals surface area (Å²) in [5, 5.41) is 8.84. The summed E-state index contributed by atoms with van der Waals surface area (Å²) in [5.41, 5.74) is 19.1. The maximum absolute atomic E-state index is 13.5. The van der Waals surface area contributed by atoms with E-state index in [1.807, 2.05) is 86.6 Å². The van der Waals surface area contributed by atoms with Gasteiger partial charge in [0.25, 0.3) is 11.8 Å². The molecule has 1 saturated heterocycles. The van der Waals surface area contributed by atoms with Crippen LogP contribution in [-0.4, -0.2) is 127 Å². The summed E-state index contributed by atoms with van der Waals surface area (Å²) < 4.78 is 20.6. The first-order valence-electron chi connectivity index (χ1n) is 25.5. The van der Waals surface area contributed by atoms with Crippen LogP contribution in [0, 0.1) is 13.8 Å². The number of nitrogens with one attached hydrogen (secondary N) is 2. The number of thiol groups is 1. The van der Waals surface area contributed by atoms with Gasteiger partial charge < -0.3 is 45.2 Å². The number of imidazole rings is 2. The number of hydrogen-bond donors (Lipinski definition) is 6. The number of fused-ring (bicyclic) bond motifs is 2. The molecule has 3 aromatic heterocycles. The van der Waals surface area contributed by atoms with Gasteiger partial charge in [0.05, 0.1) is 30.0 Å². The minimum Gasteiger partial charge on any atom is -0.494 e. The summed E-state index contributed by atoms with van der Waals surface area (Å²) in [5.74, 6) is -1.27. The maximum atomic E-state index is 13.5. The number of aromatic nitrogens is 5. The molecule has 77 heavy (non-hydrogen) atoms. The van der Waals surface area contributed by atoms with Crippen molar-refractivity contribution in [2.75, 3.05) is 51.0 Å². The highest BCUT2D eigenvalue weighted by atomic mass is 32.1. The standard InChI is InChI=1S/C44H52N12O9S.4C2H6.CH3NO/c1-7-47-30(19-25(3)45)40(60)50-44-49-29-21-27(39(46)59)22-32(63-6)37(29)55(44)13-8-9-14-56-38-28(48-43(56)51-41(61)31-20-26(4)65-52-31)17-24(2)18-33(38)64-16-10-12-53(5)35(57)11-15-54-36(58)23-34(66)42(54)62;4*1-2;2-1-3/h8-9,17-22,34,66H,7,10-16,23,45H2,1-6H3,(H2,46,59)(H,48,51,61)(H,49,50,60);4*1-2H3;1H,(H2,2,3)/b9-8+,25-19-,47-30?;;;;;. The van der Waals surface area contributed by atoms with E-state index in [0.717, 1.165) is 10.5 Å². The predicted molar refractivity (Wildman–Crippen MR) is 304 cm³/mol. The number of likely N-dealkylation sites (tertiary alicyclic amines) is 1. The monoisotopic (exact) mass is 1090 g/mol. The van der Waals surface area contributed by atoms with Crippen molar-refractivity contribution in [3.63, 3.8) is 0 Å². The molecular weight excluding hydrogens is 1010 g/mol. The number of nitrogens with zero attached hydrogens (tertiary/aromatic N) is 8. The highest BCUT2D eigenvalue weighted by Crippen LogP contribution is 2.33. The number of carbonyl (C=O) groups excluding carboxylic acids is 7. The third-order valence-corrected chi connectivity index (χ3v) is 10.7. The van der Waals surface area contributed by atoms with Crippen LogP contribution in [0.25, 0.3) is 22.1 Å². The van der Waals surface area contributed by atoms with Crippen molar-refractivity contribution in [2.45, 2.75) is 121 Å². The number of benzene rings is 2. The normalized spacial score (nSPS) is 12.9. The molecule has 0 radical (unpaired) electrons. The van der Waals surface area contributed by atoms with Crippen LogP contribution in [0.2, 0.25) is 0 Å². The van der Waals surface area contributed by atoms with Gasteiger partial charge in [0.1, 0.15) is 34.0 Å². The molecule has 0 spiro atoms. The van der Waals surface area contributed by atoms with Crippen molar-refractivity contribution in [2.24, 2.45) is 22.2 Å². The van der Waals surface area contributed by atoms with E-state index in [4.69, 9.17) is 35.2 Å². The van der Waals surface area contributed by atoms with Crippen LogP contribution in [0.4, 0.5) is 11.9 Å². The SMILES string of the molecule is CC.CC.CC.CC.CCN=C(/C=C(/C)N)C(=O)Nc1nc2cc(C(N)=O)cc(OC)c2n1C/C=C/Cn1c(NC(=O)c2cc(C)on2)nc2cc(C)cc(OCCCN(C)C(=O)CCN3C(=O)CC(S)C3=O)c21.NC=O. The van der Waals surface area contributed by atoms with Gasteiger partial charge in [-0.15, -0.1) is 0 Å². The largest absolute Gasteiger partial charge is 0.494 e. The van der Waals surface area contributed by atoms with Crippen molar-refractivity contribution in [3.05, 3.63) is 76.8 Å². The van der Waals surface area contributed by atoms with Gasteiger partial charge in [-0.25, -0.2) is 9.97 Å². The third-order valence-electron chi connectivity index (χ3n) is 10.3. The van der Waals surface area contributed by atoms with Gasteiger partial charge in [-0.2, -0.15) is 12.6 Å². The lowest BCUT2D eigenvalue weighted by Gasteiger charge is -2.20. The smallest absolute Gasteiger partial charge is 0.280 e. The van der Waals surface area contributed by atoms with Gasteiger partial charge in [-0.1, -0.05) is 72.7 Å². The molecule has 1 aliphatic rings. The van der Waals surface area contributed by atoms with Crippen LogP contribution in [0.3, 0.4) is 0 Å². The van der Waals surface area contributed by atoms with E-state index in [0.29, 0.717) is 58.8 Å². The number of methoxy groups -OCH3 is 1. The highest BCUT2D eigenvalue weighted by molar-refractivity contribution is 7.81. The van der Waals surface area contributed by atoms with Crippen LogP contribution in [-0.2, 0) is 37.1 Å². The average molecular weight is 1090 g/mol. The number of hydrogen-bond acceptors (Lipinski definition) is 16. The second kappa shape index (κ2) is 34.5. The number of nitrogens with two attached hydrogens (primary N) is 3. The van der Waals surface area contributed by atoms with E-state index in [1.165, 1.54) is 36.3 Å². The van der Waals surface area contributed by atoms with Gasteiger partial charge in [0.15, 0.2) is 5.69 Å². The molecule has 7 amide bonds. The highest BCUT2D eigenvalue weighted by Gasteiger charge is 2.36. The Morgan fingerprint density at radius 1 is 0.896 bits per heavy atom. The lowest BCUT2D eigenvalue weighted by Crippen LogP contribution is -2.36. The van der Waals surface area contributed by atoms with Crippen LogP contribution in [0.15, 0.2) is 63.8 Å². The van der Waals surface area contributed by atoms with E-state index < -0.39 is 28.9 Å². The number of imide groups is 1. The Labute approximate surface area is 456 Å². The molecule has 1 fully saturated rings. The Kier molecular flexibility index (Phi) is 30.0. The lowest BCUT2D eigenvalue weighted by atomic mass is 10.1. The van der Waals surface area contributed by atoms with E-state index >= 15 is 0 Å². The number of carbonyl (C=O) groups is 7. The second-order valence-electron chi connectivity index (χ2n) is 15.6. The summed E-state index contributed by atoms with van der Waals surface area (Å²) in [4.78, 5) is 101. The number of rotatable bonds is 20. The van der Waals surface area contributed by atoms with Crippen molar-refractivity contribution in [1.82, 2.24) is 34.1 Å². The number of aryl methyl sites for hydroxylation is 2. The molecule has 0 saturated carbocycles. The molecule has 6 rings (SSSR count). The zero-order chi connectivity index (χ0) is 58.5. The molecule has 1 unspecified atom stereocenters. The topological polar surface area (TPSA) is 321 Å². The fraction of sp³-hybridized carbons (Fsp3) is 0.453. The first-order chi connectivity index (χ1) is 36.9. The van der Waals surface area contributed by atoms with Gasteiger partial charge in [-0.3, -0.25) is 54.1 Å². The summed E-state index contributed by atoms with van der Waals surface area (Å²) in [6, 6.07) is 8.20. The molecule has 0 aliphatic carbocycles. The Bertz CT molecular complexity index is 2860. The number of allylic oxidation sites excluding steroid dienone is 3. The molecule has 8 N–H and O–H groups in total. The van der Waals surface area contributed by atoms with Crippen LogP contribution < -0.4 is 37.3 Å². The van der Waals surface area contributed by atoms with Crippen LogP contribution in [0.5, 0.6) is 11.5 Å². The zero-order valence-corrected chi connectivity index (χ0v) is 47.9. The zero-order valence-electron chi connectivity index (χ0n) is 47.0. The molecular formula is C53H79N13O10S. The number of primary amides is 2. The van der Waals surface area contributed by atoms with Crippen molar-refractivity contribution >= 4 is 94.2 Å². The number of anilines is 2. The minimum atomic E-state index is -0.693. The Balaban J connectivity index is 0.00000252. The average Bonchev–Trinajstić information content (AvgIpc) is 4.17. The van der Waals surface area contributed by atoms with Gasteiger partial charge in [-0.05, 0) is 70.0 Å². The van der Waals surface area contributed by atoms with Crippen molar-refractivity contribution in [1.29, 1.82) is 0 Å². The summed E-state index contributed by atoms with van der Waals surface area (Å²) in [6.07, 6.45) is 5.80. The molecule has 2 aromatic carbocycles. The second-order valence-corrected chi connectivity index (χ2v) is 16.2. The summed E-state index contributed by atoms with van der Waals surface area (Å²) in [7, 11) is 3.08. The molecule has 0 bridgehead atoms. The maximum Gasteiger partial charge on any atom is 0.280 e. The molecule has 422 valence electrons. The van der Waals surface area contributed by atoms with Crippen molar-refractivity contribution < 1.29 is 47.6 Å². The lowest BCUT2D eigenvalue weighted by molar-refractivity contribution is -0.139. The van der Waals surface area contributed by atoms with Gasteiger partial charge in [0, 0.05) is 69.9 Å². The van der Waals surface area contributed by atoms with E-state index in [9.17, 15) is 28.8 Å². The minimum absolute atomic E-state index is 0.00608. The Morgan fingerprint density at radius 2 is 1.47 bits per heavy atom. The van der Waals surface area contributed by atoms with Gasteiger partial charge in [0.2, 0.25) is 41.9 Å². The first kappa shape index (κ1) is 67.0. The fourth-order valence-electron chi connectivity index (χ4n) is 7.19. The number of amides is 7. The summed E-state index contributed by atoms with van der Waals surface area (Å²) in [6.45, 7) is 24.1. The summed E-state index contributed by atoms with van der Waals surface area (Å²) >= 11 is 4.14. The van der Waals surface area contributed by atoms with E-state index in [1.54, 1.807) is 37.0 Å². The molecule has 1 atom stereocenters. The fourth-order valence-corrected chi connectivity index (χ4v) is 7.48. The van der Waals surface area contributed by atoms with E-state index in [2.05, 4.69) is 44.1 Å². The van der Waals surface area contributed by atoms with E-state index in [-0.39, 0.29) is 91.9 Å². The molecule has 5 aromatic rings. The number of ether oxygens (including phenoxy) is 2. The third kappa shape index (κ3) is 18.9. The molecule has 1 aliphatic heterocycles. The van der Waals surface area contributed by atoms with Gasteiger partial charge >= 0.3 is 0 Å². The van der Waals surface area contributed by atoms with Crippen molar-refractivity contribution in [3.8, 4) is 11.5 Å².